The van der Waals surface area contributed by atoms with Gasteiger partial charge in [-0.15, -0.1) is 35.9 Å². The van der Waals surface area contributed by atoms with Crippen molar-refractivity contribution in [1.82, 2.24) is 18.9 Å². The van der Waals surface area contributed by atoms with Crippen LogP contribution in [0.15, 0.2) is 110 Å². The number of hydrogen-bond acceptors (Lipinski definition) is 3. The largest absolute Gasteiger partial charge is 0.507 e. The normalized spacial score (nSPS) is 11.2. The van der Waals surface area contributed by atoms with Gasteiger partial charge in [-0.2, -0.15) is 0 Å². The molecule has 42 heavy (non-hydrogen) atoms. The summed E-state index contributed by atoms with van der Waals surface area (Å²) in [5, 5.41) is 13.1. The average Bonchev–Trinajstić information content (AvgIpc) is 3.68. The zero-order valence-corrected chi connectivity index (χ0v) is 26.5. The van der Waals surface area contributed by atoms with E-state index < -0.39 is 0 Å². The van der Waals surface area contributed by atoms with Crippen molar-refractivity contribution in [2.24, 2.45) is 0 Å². The molecule has 0 aliphatic heterocycles. The summed E-state index contributed by atoms with van der Waals surface area (Å²) in [5.74, 6) is 2.13. The maximum atomic E-state index is 10.1. The number of pyridine rings is 1. The minimum atomic E-state index is 0. The Labute approximate surface area is 259 Å². The molecule has 0 unspecified atom stereocenters. The van der Waals surface area contributed by atoms with E-state index >= 15 is 0 Å². The second kappa shape index (κ2) is 12.3. The van der Waals surface area contributed by atoms with Crippen LogP contribution >= 0.6 is 0 Å². The molecule has 1 radical (unpaired) electrons. The number of aromatic nitrogens is 4. The van der Waals surface area contributed by atoms with Gasteiger partial charge in [0, 0.05) is 56.0 Å². The van der Waals surface area contributed by atoms with Gasteiger partial charge in [0.1, 0.15) is 11.4 Å². The standard InChI is InChI=1S/C21H23N2.C15H10N2O.Ir/c1-15(2)18-11-8-12-19(16(3)4)20(18)23-14-13-22-21(23)17-9-6-5-7-10-17;18-13-7-3-5-11-10-4-1-2-6-12(10)17-9-8-16-15(17)14(11)13;/h5-9,11-16H,1-4H3;1-9,18H;/q-1;;. The molecule has 0 fully saturated rings. The minimum absolute atomic E-state index is 0. The van der Waals surface area contributed by atoms with Gasteiger partial charge in [-0.3, -0.25) is 9.38 Å². The van der Waals surface area contributed by atoms with Crippen LogP contribution in [0.3, 0.4) is 0 Å². The van der Waals surface area contributed by atoms with Gasteiger partial charge in [0.2, 0.25) is 0 Å². The Bertz CT molecular complexity index is 1950. The molecule has 0 amide bonds. The Balaban J connectivity index is 0.000000168. The van der Waals surface area contributed by atoms with Crippen LogP contribution in [-0.4, -0.2) is 24.0 Å². The maximum absolute atomic E-state index is 10.1. The van der Waals surface area contributed by atoms with Crippen molar-refractivity contribution in [3.63, 3.8) is 0 Å². The number of phenolic OH excluding ortho intramolecular Hbond substituents is 1. The second-order valence-electron chi connectivity index (χ2n) is 10.8. The van der Waals surface area contributed by atoms with Crippen molar-refractivity contribution in [3.8, 4) is 22.8 Å². The van der Waals surface area contributed by atoms with Gasteiger partial charge in [-0.1, -0.05) is 76.2 Å². The molecule has 3 aromatic heterocycles. The summed E-state index contributed by atoms with van der Waals surface area (Å²) in [6.07, 6.45) is 7.61. The molecular weight excluding hydrogens is 697 g/mol. The predicted octanol–water partition coefficient (Wildman–Crippen LogP) is 8.93. The van der Waals surface area contributed by atoms with Gasteiger partial charge in [-0.05, 0) is 40.5 Å². The summed E-state index contributed by atoms with van der Waals surface area (Å²) in [5.41, 5.74) is 6.88. The third kappa shape index (κ3) is 5.24. The fourth-order valence-corrected chi connectivity index (χ4v) is 5.60. The first-order valence-corrected chi connectivity index (χ1v) is 14.0. The van der Waals surface area contributed by atoms with E-state index in [0.29, 0.717) is 11.8 Å². The van der Waals surface area contributed by atoms with Gasteiger partial charge in [-0.25, -0.2) is 4.98 Å². The summed E-state index contributed by atoms with van der Waals surface area (Å²) in [7, 11) is 0. The second-order valence-corrected chi connectivity index (χ2v) is 10.8. The number of phenols is 1. The van der Waals surface area contributed by atoms with Gasteiger partial charge in [0.15, 0.2) is 0 Å². The van der Waals surface area contributed by atoms with Gasteiger partial charge in [0.05, 0.1) is 16.7 Å². The van der Waals surface area contributed by atoms with E-state index in [-0.39, 0.29) is 25.9 Å². The molecule has 7 aromatic rings. The number of hydrogen-bond donors (Lipinski definition) is 1. The first-order valence-electron chi connectivity index (χ1n) is 14.0. The first kappa shape index (κ1) is 29.2. The van der Waals surface area contributed by atoms with Crippen LogP contribution in [0, 0.1) is 6.07 Å². The third-order valence-electron chi connectivity index (χ3n) is 7.53. The Kier molecular flexibility index (Phi) is 8.58. The molecule has 0 spiro atoms. The van der Waals surface area contributed by atoms with Crippen molar-refractivity contribution < 1.29 is 25.2 Å². The molecule has 3 heterocycles. The number of rotatable bonds is 4. The van der Waals surface area contributed by atoms with E-state index in [1.54, 1.807) is 12.3 Å². The van der Waals surface area contributed by atoms with Crippen LogP contribution in [0.4, 0.5) is 0 Å². The number of aromatic hydroxyl groups is 1. The number of benzene rings is 4. The fraction of sp³-hybridized carbons (Fsp3) is 0.167. The molecule has 0 atom stereocenters. The van der Waals surface area contributed by atoms with Crippen LogP contribution in [0.1, 0.15) is 50.7 Å². The SMILES string of the molecule is CC(C)c1cccc(C(C)C)c1-n1ccnc1-c1[c-]cccc1.Oc1cccc2c3ccccc3n3ccnc3c12.[Ir]. The van der Waals surface area contributed by atoms with E-state index in [1.807, 2.05) is 59.3 Å². The molecule has 1 N–H and O–H groups in total. The first-order chi connectivity index (χ1) is 20.0. The molecule has 0 bridgehead atoms. The van der Waals surface area contributed by atoms with E-state index in [4.69, 9.17) is 0 Å². The quantitative estimate of drug-likeness (QED) is 0.146. The Morgan fingerprint density at radius 3 is 2.10 bits per heavy atom. The Morgan fingerprint density at radius 2 is 1.38 bits per heavy atom. The van der Waals surface area contributed by atoms with Crippen molar-refractivity contribution in [2.45, 2.75) is 39.5 Å². The van der Waals surface area contributed by atoms with Crippen LogP contribution in [0.2, 0.25) is 0 Å². The van der Waals surface area contributed by atoms with Crippen molar-refractivity contribution in [1.29, 1.82) is 0 Å². The molecular formula is C36H33IrN4O-. The molecule has 6 heteroatoms. The van der Waals surface area contributed by atoms with Gasteiger partial charge in [0.25, 0.3) is 0 Å². The van der Waals surface area contributed by atoms with Crippen LogP contribution in [-0.2, 0) is 20.1 Å². The minimum Gasteiger partial charge on any atom is -0.507 e. The third-order valence-corrected chi connectivity index (χ3v) is 7.53. The average molecular weight is 730 g/mol. The molecule has 7 rings (SSSR count). The fourth-order valence-electron chi connectivity index (χ4n) is 5.60. The van der Waals surface area contributed by atoms with Crippen LogP contribution in [0.5, 0.6) is 5.75 Å². The maximum Gasteiger partial charge on any atom is 0.148 e. The molecule has 0 saturated carbocycles. The van der Waals surface area contributed by atoms with E-state index in [2.05, 4.69) is 90.9 Å². The van der Waals surface area contributed by atoms with Gasteiger partial charge < -0.3 is 9.67 Å². The zero-order valence-electron chi connectivity index (χ0n) is 24.1. The number of nitrogens with zero attached hydrogens (tertiary/aromatic N) is 4. The number of para-hydroxylation sites is 2. The van der Waals surface area contributed by atoms with E-state index in [9.17, 15) is 5.11 Å². The summed E-state index contributed by atoms with van der Waals surface area (Å²) >= 11 is 0. The predicted molar refractivity (Wildman–Crippen MR) is 168 cm³/mol. The van der Waals surface area contributed by atoms with Crippen molar-refractivity contribution >= 4 is 27.3 Å². The summed E-state index contributed by atoms with van der Waals surface area (Å²) in [6, 6.07) is 31.7. The molecule has 0 aliphatic rings. The van der Waals surface area contributed by atoms with Crippen LogP contribution < -0.4 is 0 Å². The summed E-state index contributed by atoms with van der Waals surface area (Å²) in [4.78, 5) is 8.96. The number of fused-ring (bicyclic) bond motifs is 6. The topological polar surface area (TPSA) is 55.3 Å². The van der Waals surface area contributed by atoms with Crippen LogP contribution in [0.25, 0.3) is 44.4 Å². The molecule has 213 valence electrons. The van der Waals surface area contributed by atoms with Gasteiger partial charge >= 0.3 is 0 Å². The molecule has 5 nitrogen and oxygen atoms in total. The Hall–Kier alpha value is -4.25. The Morgan fingerprint density at radius 1 is 0.714 bits per heavy atom. The van der Waals surface area contributed by atoms with E-state index in [1.165, 1.54) is 16.8 Å². The summed E-state index contributed by atoms with van der Waals surface area (Å²) in [6.45, 7) is 8.98. The zero-order chi connectivity index (χ0) is 28.5. The van der Waals surface area contributed by atoms with E-state index in [0.717, 1.165) is 38.7 Å². The molecule has 0 aliphatic carbocycles. The number of imidazole rings is 2. The van der Waals surface area contributed by atoms with Crippen molar-refractivity contribution in [3.05, 3.63) is 127 Å². The monoisotopic (exact) mass is 730 g/mol. The summed E-state index contributed by atoms with van der Waals surface area (Å²) < 4.78 is 4.23. The van der Waals surface area contributed by atoms with Crippen molar-refractivity contribution in [2.75, 3.05) is 0 Å². The smallest absolute Gasteiger partial charge is 0.148 e. The molecule has 0 saturated heterocycles. The molecule has 4 aromatic carbocycles.